The molecule has 0 spiro atoms. The van der Waals surface area contributed by atoms with E-state index in [-0.39, 0.29) is 0 Å². The highest BCUT2D eigenvalue weighted by Crippen LogP contribution is 2.27. The van der Waals surface area contributed by atoms with Gasteiger partial charge in [-0.25, -0.2) is 9.66 Å². The monoisotopic (exact) mass is 213 g/mol. The Morgan fingerprint density at radius 3 is 2.81 bits per heavy atom. The third-order valence-corrected chi connectivity index (χ3v) is 2.63. The van der Waals surface area contributed by atoms with E-state index in [1.54, 1.807) is 6.20 Å². The third-order valence-electron chi connectivity index (χ3n) is 2.63. The molecule has 16 heavy (non-hydrogen) atoms. The van der Waals surface area contributed by atoms with Gasteiger partial charge in [-0.05, 0) is 6.07 Å². The van der Waals surface area contributed by atoms with Crippen molar-refractivity contribution in [3.8, 4) is 11.3 Å². The normalized spacial score (nSPS) is 11.0. The van der Waals surface area contributed by atoms with Crippen molar-refractivity contribution in [3.63, 3.8) is 0 Å². The second-order valence-electron chi connectivity index (χ2n) is 3.64. The lowest BCUT2D eigenvalue weighted by Crippen LogP contribution is -2.09. The zero-order valence-electron chi connectivity index (χ0n) is 8.51. The minimum atomic E-state index is 0.306. The number of aromatic amines is 1. The fourth-order valence-electron chi connectivity index (χ4n) is 1.82. The lowest BCUT2D eigenvalue weighted by Gasteiger charge is -1.92. The average molecular weight is 213 g/mol. The van der Waals surface area contributed by atoms with Gasteiger partial charge >= 0.3 is 0 Å². The van der Waals surface area contributed by atoms with E-state index in [0.29, 0.717) is 5.95 Å². The molecule has 1 aromatic carbocycles. The van der Waals surface area contributed by atoms with Crippen LogP contribution in [-0.4, -0.2) is 14.6 Å². The van der Waals surface area contributed by atoms with Gasteiger partial charge < -0.3 is 16.6 Å². The van der Waals surface area contributed by atoms with Crippen LogP contribution < -0.4 is 11.6 Å². The molecule has 2 heterocycles. The van der Waals surface area contributed by atoms with E-state index in [1.807, 2.05) is 30.5 Å². The molecule has 0 saturated carbocycles. The van der Waals surface area contributed by atoms with Crippen molar-refractivity contribution in [2.24, 2.45) is 0 Å². The van der Waals surface area contributed by atoms with Crippen LogP contribution in [0.4, 0.5) is 5.95 Å². The van der Waals surface area contributed by atoms with Gasteiger partial charge in [-0.1, -0.05) is 18.2 Å². The number of hydrogen-bond donors (Lipinski definition) is 3. The van der Waals surface area contributed by atoms with Crippen molar-refractivity contribution in [2.45, 2.75) is 0 Å². The Bertz CT molecular complexity index is 630. The van der Waals surface area contributed by atoms with Gasteiger partial charge in [0.1, 0.15) is 0 Å². The standard InChI is InChI=1S/C11H11N5/c12-11-15-10(6-16(11)13)8-5-14-9-4-2-1-3-7(8)9/h1-6,14H,13H2,(H2,12,15). The minimum Gasteiger partial charge on any atom is -0.368 e. The molecular formula is C11H11N5. The molecule has 5 N–H and O–H groups in total. The van der Waals surface area contributed by atoms with Gasteiger partial charge in [-0.2, -0.15) is 0 Å². The number of nitrogen functional groups attached to an aromatic ring is 2. The van der Waals surface area contributed by atoms with E-state index < -0.39 is 0 Å². The lowest BCUT2D eigenvalue weighted by atomic mass is 10.1. The highest BCUT2D eigenvalue weighted by molar-refractivity contribution is 5.94. The van der Waals surface area contributed by atoms with Crippen LogP contribution in [0.3, 0.4) is 0 Å². The summed E-state index contributed by atoms with van der Waals surface area (Å²) in [6, 6.07) is 8.02. The minimum absolute atomic E-state index is 0.306. The van der Waals surface area contributed by atoms with E-state index in [2.05, 4.69) is 9.97 Å². The Morgan fingerprint density at radius 2 is 2.06 bits per heavy atom. The molecule has 80 valence electrons. The van der Waals surface area contributed by atoms with Crippen LogP contribution in [0.5, 0.6) is 0 Å². The molecule has 3 aromatic rings. The smallest absolute Gasteiger partial charge is 0.219 e. The van der Waals surface area contributed by atoms with Crippen molar-refractivity contribution < 1.29 is 0 Å². The van der Waals surface area contributed by atoms with Crippen LogP contribution in [0.1, 0.15) is 0 Å². The Kier molecular flexibility index (Phi) is 1.67. The molecule has 0 aliphatic rings. The van der Waals surface area contributed by atoms with Gasteiger partial charge in [0.25, 0.3) is 0 Å². The number of anilines is 1. The first-order valence-electron chi connectivity index (χ1n) is 4.92. The molecule has 0 aliphatic carbocycles. The quantitative estimate of drug-likeness (QED) is 0.533. The maximum atomic E-state index is 5.61. The molecule has 0 radical (unpaired) electrons. The number of imidazole rings is 1. The van der Waals surface area contributed by atoms with Gasteiger partial charge in [0.05, 0.1) is 11.9 Å². The molecular weight excluding hydrogens is 202 g/mol. The van der Waals surface area contributed by atoms with E-state index in [0.717, 1.165) is 22.2 Å². The van der Waals surface area contributed by atoms with Crippen molar-refractivity contribution in [2.75, 3.05) is 11.6 Å². The van der Waals surface area contributed by atoms with Crippen LogP contribution in [-0.2, 0) is 0 Å². The molecule has 0 bridgehead atoms. The van der Waals surface area contributed by atoms with Gasteiger partial charge in [-0.15, -0.1) is 0 Å². The Morgan fingerprint density at radius 1 is 1.25 bits per heavy atom. The summed E-state index contributed by atoms with van der Waals surface area (Å²) < 4.78 is 1.32. The molecule has 0 atom stereocenters. The third kappa shape index (κ3) is 1.15. The van der Waals surface area contributed by atoms with Gasteiger partial charge in [0.15, 0.2) is 0 Å². The molecule has 0 saturated heterocycles. The maximum absolute atomic E-state index is 5.61. The number of para-hydroxylation sites is 1. The van der Waals surface area contributed by atoms with Gasteiger partial charge in [0.2, 0.25) is 5.95 Å². The lowest BCUT2D eigenvalue weighted by molar-refractivity contribution is 1.02. The summed E-state index contributed by atoms with van der Waals surface area (Å²) in [6.45, 7) is 0. The number of rotatable bonds is 1. The summed E-state index contributed by atoms with van der Waals surface area (Å²) in [5.74, 6) is 5.92. The second-order valence-corrected chi connectivity index (χ2v) is 3.64. The largest absolute Gasteiger partial charge is 0.368 e. The number of nitrogens with two attached hydrogens (primary N) is 2. The number of H-pyrrole nitrogens is 1. The first-order chi connectivity index (χ1) is 7.75. The molecule has 2 aromatic heterocycles. The van der Waals surface area contributed by atoms with E-state index in [4.69, 9.17) is 11.6 Å². The van der Waals surface area contributed by atoms with Crippen LogP contribution in [0.15, 0.2) is 36.7 Å². The second kappa shape index (κ2) is 3.03. The average Bonchev–Trinajstić information content (AvgIpc) is 2.83. The van der Waals surface area contributed by atoms with Crippen molar-refractivity contribution in [3.05, 3.63) is 36.7 Å². The first kappa shape index (κ1) is 8.84. The molecule has 0 fully saturated rings. The van der Waals surface area contributed by atoms with Gasteiger partial charge in [0, 0.05) is 22.7 Å². The van der Waals surface area contributed by atoms with Crippen LogP contribution in [0.2, 0.25) is 0 Å². The number of aromatic nitrogens is 3. The number of fused-ring (bicyclic) bond motifs is 1. The summed E-state index contributed by atoms with van der Waals surface area (Å²) in [6.07, 6.45) is 3.62. The van der Waals surface area contributed by atoms with E-state index in [9.17, 15) is 0 Å². The summed E-state index contributed by atoms with van der Waals surface area (Å²) in [5.41, 5.74) is 8.46. The topological polar surface area (TPSA) is 85.6 Å². The van der Waals surface area contributed by atoms with Crippen molar-refractivity contribution in [1.29, 1.82) is 0 Å². The summed E-state index contributed by atoms with van der Waals surface area (Å²) >= 11 is 0. The maximum Gasteiger partial charge on any atom is 0.219 e. The molecule has 0 aliphatic heterocycles. The highest BCUT2D eigenvalue weighted by Gasteiger charge is 2.09. The molecule has 5 nitrogen and oxygen atoms in total. The molecule has 0 amide bonds. The number of hydrogen-bond acceptors (Lipinski definition) is 3. The zero-order chi connectivity index (χ0) is 11.1. The summed E-state index contributed by atoms with van der Waals surface area (Å²) in [7, 11) is 0. The summed E-state index contributed by atoms with van der Waals surface area (Å²) in [4.78, 5) is 7.38. The Labute approximate surface area is 91.7 Å². The molecule has 0 unspecified atom stereocenters. The van der Waals surface area contributed by atoms with Crippen LogP contribution in [0, 0.1) is 0 Å². The van der Waals surface area contributed by atoms with Crippen LogP contribution in [0.25, 0.3) is 22.2 Å². The Balaban J connectivity index is 2.26. The molecule has 5 heteroatoms. The highest BCUT2D eigenvalue weighted by atomic mass is 15.3. The predicted molar refractivity (Wildman–Crippen MR) is 64.1 cm³/mol. The summed E-state index contributed by atoms with van der Waals surface area (Å²) in [5, 5.41) is 1.11. The zero-order valence-corrected chi connectivity index (χ0v) is 8.51. The number of benzene rings is 1. The number of nitrogens with one attached hydrogen (secondary N) is 1. The fourth-order valence-corrected chi connectivity index (χ4v) is 1.82. The molecule has 3 rings (SSSR count). The SMILES string of the molecule is Nc1nc(-c2c[nH]c3ccccc23)cn1N. The Hall–Kier alpha value is -2.43. The van der Waals surface area contributed by atoms with Crippen molar-refractivity contribution >= 4 is 16.9 Å². The van der Waals surface area contributed by atoms with E-state index >= 15 is 0 Å². The van der Waals surface area contributed by atoms with E-state index in [1.165, 1.54) is 4.68 Å². The van der Waals surface area contributed by atoms with Crippen molar-refractivity contribution in [1.82, 2.24) is 14.6 Å². The fraction of sp³-hybridized carbons (Fsp3) is 0. The van der Waals surface area contributed by atoms with Gasteiger partial charge in [-0.3, -0.25) is 0 Å². The number of nitrogens with zero attached hydrogens (tertiary/aromatic N) is 2. The first-order valence-corrected chi connectivity index (χ1v) is 4.92. The van der Waals surface area contributed by atoms with Crippen LogP contribution >= 0.6 is 0 Å². The predicted octanol–water partition coefficient (Wildman–Crippen LogP) is 1.33.